The van der Waals surface area contributed by atoms with Crippen LogP contribution in [-0.2, 0) is 20.7 Å². The summed E-state index contributed by atoms with van der Waals surface area (Å²) in [6.07, 6.45) is 8.56. The minimum Gasteiger partial charge on any atom is -0.458 e. The molecule has 1 aromatic rings. The van der Waals surface area contributed by atoms with E-state index >= 15 is 0 Å². The maximum atomic E-state index is 12.1. The molecule has 1 atom stereocenters. The summed E-state index contributed by atoms with van der Waals surface area (Å²) in [6, 6.07) is 8.36. The van der Waals surface area contributed by atoms with Crippen molar-refractivity contribution in [3.05, 3.63) is 29.8 Å². The van der Waals surface area contributed by atoms with Crippen molar-refractivity contribution in [2.24, 2.45) is 5.92 Å². The minimum atomic E-state index is -0.561. The monoisotopic (exact) mass is 332 g/mol. The van der Waals surface area contributed by atoms with E-state index < -0.39 is 5.60 Å². The van der Waals surface area contributed by atoms with Crippen LogP contribution in [-0.4, -0.2) is 23.6 Å². The highest BCUT2D eigenvalue weighted by Gasteiger charge is 2.47. The van der Waals surface area contributed by atoms with Gasteiger partial charge in [0.15, 0.2) is 0 Å². The van der Waals surface area contributed by atoms with E-state index in [2.05, 4.69) is 24.5 Å². The zero-order valence-electron chi connectivity index (χ0n) is 13.7. The predicted molar refractivity (Wildman–Crippen MR) is 91.6 cm³/mol. The van der Waals surface area contributed by atoms with E-state index in [9.17, 15) is 9.59 Å². The lowest BCUT2D eigenvalue weighted by molar-refractivity contribution is -0.178. The van der Waals surface area contributed by atoms with Crippen LogP contribution in [0.25, 0.3) is 0 Å². The second kappa shape index (κ2) is 7.08. The van der Waals surface area contributed by atoms with Crippen LogP contribution in [0.1, 0.15) is 50.5 Å². The Morgan fingerprint density at radius 1 is 1.22 bits per heavy atom. The minimum absolute atomic E-state index is 0.0458. The molecule has 0 spiro atoms. The van der Waals surface area contributed by atoms with Crippen molar-refractivity contribution >= 4 is 23.5 Å². The molecule has 3 rings (SSSR count). The Kier molecular flexibility index (Phi) is 5.10. The van der Waals surface area contributed by atoms with Crippen molar-refractivity contribution in [1.29, 1.82) is 0 Å². The summed E-state index contributed by atoms with van der Waals surface area (Å²) in [6.45, 7) is 0. The zero-order valence-corrected chi connectivity index (χ0v) is 14.5. The predicted octanol–water partition coefficient (Wildman–Crippen LogP) is 4.18. The Morgan fingerprint density at radius 3 is 2.65 bits per heavy atom. The maximum absolute atomic E-state index is 12.1. The molecule has 1 saturated carbocycles. The van der Waals surface area contributed by atoms with Crippen LogP contribution in [0, 0.1) is 5.92 Å². The first-order valence-corrected chi connectivity index (χ1v) is 9.71. The molecule has 1 heterocycles. The number of aryl methyl sites for hydroxylation is 1. The number of carbonyl (C=O) groups excluding carboxylic acids is 2. The smallest absolute Gasteiger partial charge is 0.313 e. The standard InChI is InChI=1S/C19H24O3S/c1-23-17-9-5-2-6-14(17)10-11-19(15-7-3-4-8-15)13-16(20)12-18(21)22-19/h2,5-6,9,15H,3-4,7-8,10-13H2,1H3. The second-order valence-corrected chi connectivity index (χ2v) is 7.57. The third-order valence-electron chi connectivity index (χ3n) is 5.26. The Hall–Kier alpha value is -1.29. The molecular formula is C19H24O3S. The van der Waals surface area contributed by atoms with E-state index in [0.29, 0.717) is 12.3 Å². The number of Topliss-reactive ketones (excluding diaryl/α,β-unsaturated/α-hetero) is 1. The molecule has 0 bridgehead atoms. The molecule has 0 aromatic heterocycles. The highest BCUT2D eigenvalue weighted by Crippen LogP contribution is 2.44. The largest absolute Gasteiger partial charge is 0.458 e. The molecule has 0 N–H and O–H groups in total. The normalized spacial score (nSPS) is 25.6. The van der Waals surface area contributed by atoms with Gasteiger partial charge in [-0.3, -0.25) is 9.59 Å². The number of thioether (sulfide) groups is 1. The lowest BCUT2D eigenvalue weighted by Crippen LogP contribution is -2.48. The van der Waals surface area contributed by atoms with Crippen LogP contribution in [0.15, 0.2) is 29.2 Å². The average Bonchev–Trinajstić information content (AvgIpc) is 3.07. The Bertz CT molecular complexity index is 574. The first-order chi connectivity index (χ1) is 11.1. The first-order valence-electron chi connectivity index (χ1n) is 8.48. The van der Waals surface area contributed by atoms with E-state index in [1.54, 1.807) is 11.8 Å². The molecule has 3 nitrogen and oxygen atoms in total. The van der Waals surface area contributed by atoms with Crippen LogP contribution in [0.4, 0.5) is 0 Å². The zero-order chi connectivity index (χ0) is 16.3. The highest BCUT2D eigenvalue weighted by atomic mass is 32.2. The van der Waals surface area contributed by atoms with Gasteiger partial charge < -0.3 is 4.74 Å². The van der Waals surface area contributed by atoms with Gasteiger partial charge in [0.25, 0.3) is 0 Å². The van der Waals surface area contributed by atoms with Gasteiger partial charge in [0.2, 0.25) is 0 Å². The van der Waals surface area contributed by atoms with Gasteiger partial charge in [-0.15, -0.1) is 11.8 Å². The lowest BCUT2D eigenvalue weighted by atomic mass is 9.76. The van der Waals surface area contributed by atoms with Crippen molar-refractivity contribution in [1.82, 2.24) is 0 Å². The van der Waals surface area contributed by atoms with Crippen LogP contribution in [0.5, 0.6) is 0 Å². The van der Waals surface area contributed by atoms with Gasteiger partial charge >= 0.3 is 5.97 Å². The van der Waals surface area contributed by atoms with Gasteiger partial charge in [-0.1, -0.05) is 31.0 Å². The van der Waals surface area contributed by atoms with Gasteiger partial charge in [0.05, 0.1) is 0 Å². The number of ether oxygens (including phenoxy) is 1. The van der Waals surface area contributed by atoms with Crippen molar-refractivity contribution in [2.75, 3.05) is 6.26 Å². The Labute approximate surface area is 142 Å². The van der Waals surface area contributed by atoms with Crippen LogP contribution >= 0.6 is 11.8 Å². The summed E-state index contributed by atoms with van der Waals surface area (Å²) >= 11 is 1.74. The summed E-state index contributed by atoms with van der Waals surface area (Å²) in [5, 5.41) is 0. The molecule has 23 heavy (non-hydrogen) atoms. The van der Waals surface area contributed by atoms with Gasteiger partial charge in [-0.05, 0) is 49.5 Å². The number of benzene rings is 1. The molecule has 4 heteroatoms. The maximum Gasteiger partial charge on any atom is 0.313 e. The van der Waals surface area contributed by atoms with Crippen molar-refractivity contribution in [3.63, 3.8) is 0 Å². The van der Waals surface area contributed by atoms with E-state index in [-0.39, 0.29) is 18.2 Å². The molecular weight excluding hydrogens is 308 g/mol. The van der Waals surface area contributed by atoms with Gasteiger partial charge in [0, 0.05) is 11.3 Å². The number of ketones is 1. The first kappa shape index (κ1) is 16.6. The number of hydrogen-bond donors (Lipinski definition) is 0. The molecule has 1 aliphatic heterocycles. The molecule has 1 aromatic carbocycles. The lowest BCUT2D eigenvalue weighted by Gasteiger charge is -2.41. The van der Waals surface area contributed by atoms with Crippen molar-refractivity contribution in [2.45, 2.75) is 61.9 Å². The summed E-state index contributed by atoms with van der Waals surface area (Å²) in [7, 11) is 0. The molecule has 1 unspecified atom stereocenters. The fourth-order valence-corrected chi connectivity index (χ4v) is 4.78. The molecule has 1 saturated heterocycles. The van der Waals surface area contributed by atoms with Gasteiger partial charge in [0.1, 0.15) is 17.8 Å². The van der Waals surface area contributed by atoms with Crippen LogP contribution < -0.4 is 0 Å². The SMILES string of the molecule is CSc1ccccc1CCC1(C2CCCC2)CC(=O)CC(=O)O1. The molecule has 1 aliphatic carbocycles. The third-order valence-corrected chi connectivity index (χ3v) is 6.10. The molecule has 124 valence electrons. The fourth-order valence-electron chi connectivity index (χ4n) is 4.13. The van der Waals surface area contributed by atoms with E-state index in [4.69, 9.17) is 4.74 Å². The molecule has 2 fully saturated rings. The number of esters is 1. The van der Waals surface area contributed by atoms with E-state index in [1.807, 2.05) is 6.07 Å². The summed E-state index contributed by atoms with van der Waals surface area (Å²) in [4.78, 5) is 25.3. The van der Waals surface area contributed by atoms with Crippen LogP contribution in [0.2, 0.25) is 0 Å². The fraction of sp³-hybridized carbons (Fsp3) is 0.579. The summed E-state index contributed by atoms with van der Waals surface area (Å²) in [5.74, 6) is 0.0646. The highest BCUT2D eigenvalue weighted by molar-refractivity contribution is 7.98. The second-order valence-electron chi connectivity index (χ2n) is 6.72. The quantitative estimate of drug-likeness (QED) is 0.461. The van der Waals surface area contributed by atoms with Crippen molar-refractivity contribution < 1.29 is 14.3 Å². The molecule has 2 aliphatic rings. The summed E-state index contributed by atoms with van der Waals surface area (Å²) < 4.78 is 5.86. The molecule has 0 amide bonds. The number of carbonyl (C=O) groups is 2. The summed E-state index contributed by atoms with van der Waals surface area (Å²) in [5.41, 5.74) is 0.723. The van der Waals surface area contributed by atoms with E-state index in [0.717, 1.165) is 25.7 Å². The van der Waals surface area contributed by atoms with Crippen molar-refractivity contribution in [3.8, 4) is 0 Å². The number of hydrogen-bond acceptors (Lipinski definition) is 4. The molecule has 0 radical (unpaired) electrons. The van der Waals surface area contributed by atoms with Gasteiger partial charge in [-0.25, -0.2) is 0 Å². The number of cyclic esters (lactones) is 1. The Balaban J connectivity index is 1.81. The van der Waals surface area contributed by atoms with E-state index in [1.165, 1.54) is 23.3 Å². The van der Waals surface area contributed by atoms with Crippen LogP contribution in [0.3, 0.4) is 0 Å². The van der Waals surface area contributed by atoms with Gasteiger partial charge in [-0.2, -0.15) is 0 Å². The Morgan fingerprint density at radius 2 is 1.96 bits per heavy atom. The average molecular weight is 332 g/mol. The number of rotatable bonds is 5. The third kappa shape index (κ3) is 3.63. The topological polar surface area (TPSA) is 43.4 Å².